The third kappa shape index (κ3) is 6.19. The number of nitrogens with one attached hydrogen (secondary N) is 2. The standard InChI is InChI=1S/C38H36N6O6S2/c1-3-9-23-19-21(15-17-25(23)31-27-11-5-7-13-29(27)33(39)35(43-41)37(31)51(45,46)47)22-16-18-26(24(20-22)10-4-2)32-28-12-6-8-14-30(28)34(40)36(44-42)38(32)52(48,49)50/h5-8,11-20,41-42H,3-4,9-10,39-40H2,1-2H3,(H,45,46,47)(H,48,49,50). The highest BCUT2D eigenvalue weighted by molar-refractivity contribution is 7.86. The van der Waals surface area contributed by atoms with Gasteiger partial charge in [-0.25, -0.2) is 11.1 Å². The lowest BCUT2D eigenvalue weighted by molar-refractivity contribution is 0.481. The molecule has 0 aromatic heterocycles. The van der Waals surface area contributed by atoms with E-state index in [2.05, 4.69) is 10.2 Å². The number of rotatable bonds is 11. The van der Waals surface area contributed by atoms with Gasteiger partial charge in [-0.05, 0) is 57.0 Å². The highest BCUT2D eigenvalue weighted by Gasteiger charge is 2.30. The maximum Gasteiger partial charge on any atom is 0.297 e. The predicted octanol–water partition coefficient (Wildman–Crippen LogP) is 9.88. The predicted molar refractivity (Wildman–Crippen MR) is 204 cm³/mol. The number of nitrogens with zero attached hydrogens (tertiary/aromatic N) is 2. The van der Waals surface area contributed by atoms with Gasteiger partial charge in [0.05, 0.1) is 11.4 Å². The molecule has 0 spiro atoms. The monoisotopic (exact) mass is 736 g/mol. The molecule has 0 radical (unpaired) electrons. The topological polar surface area (TPSA) is 233 Å². The molecule has 0 amide bonds. The van der Waals surface area contributed by atoms with Crippen molar-refractivity contribution in [1.29, 1.82) is 11.1 Å². The molecule has 6 rings (SSSR count). The van der Waals surface area contributed by atoms with Crippen LogP contribution in [0.25, 0.3) is 54.9 Å². The highest BCUT2D eigenvalue weighted by Crippen LogP contribution is 2.49. The van der Waals surface area contributed by atoms with Crippen LogP contribution in [0.1, 0.15) is 37.8 Å². The summed E-state index contributed by atoms with van der Waals surface area (Å²) < 4.78 is 72.6. The molecular formula is C38H36N6O6S2. The van der Waals surface area contributed by atoms with E-state index in [1.54, 1.807) is 60.7 Å². The zero-order chi connectivity index (χ0) is 37.5. The van der Waals surface area contributed by atoms with Crippen LogP contribution in [-0.2, 0) is 33.1 Å². The average molecular weight is 737 g/mol. The van der Waals surface area contributed by atoms with E-state index in [1.165, 1.54) is 0 Å². The van der Waals surface area contributed by atoms with Gasteiger partial charge in [0, 0.05) is 21.9 Å². The molecule has 52 heavy (non-hydrogen) atoms. The van der Waals surface area contributed by atoms with E-state index in [1.807, 2.05) is 38.1 Å². The number of anilines is 2. The summed E-state index contributed by atoms with van der Waals surface area (Å²) in [4.78, 5) is -1.08. The van der Waals surface area contributed by atoms with Gasteiger partial charge in [0.15, 0.2) is 0 Å². The second kappa shape index (κ2) is 13.9. The van der Waals surface area contributed by atoms with E-state index in [4.69, 9.17) is 22.5 Å². The van der Waals surface area contributed by atoms with Gasteiger partial charge in [0.1, 0.15) is 21.2 Å². The van der Waals surface area contributed by atoms with Gasteiger partial charge in [0.25, 0.3) is 20.2 Å². The van der Waals surface area contributed by atoms with E-state index in [9.17, 15) is 25.9 Å². The number of nitrogens with two attached hydrogens (primary N) is 2. The molecule has 266 valence electrons. The normalized spacial score (nSPS) is 12.0. The zero-order valence-corrected chi connectivity index (χ0v) is 29.9. The van der Waals surface area contributed by atoms with Crippen LogP contribution in [0.15, 0.2) is 105 Å². The molecule has 0 saturated carbocycles. The van der Waals surface area contributed by atoms with Gasteiger partial charge in [-0.15, -0.1) is 0 Å². The van der Waals surface area contributed by atoms with Crippen molar-refractivity contribution < 1.29 is 25.9 Å². The molecule has 0 heterocycles. The SMILES string of the molecule is CCCc1cc(-c2ccc(-c3c(S(=O)(=O)O)c(N=N)c(N)c4ccccc34)c(CCC)c2)ccc1-c1c(S(=O)(=O)O)c(N=N)c(N)c2ccccc12. The molecule has 8 N–H and O–H groups in total. The Kier molecular flexibility index (Phi) is 9.68. The summed E-state index contributed by atoms with van der Waals surface area (Å²) in [5, 5.41) is 8.81. The summed E-state index contributed by atoms with van der Waals surface area (Å²) in [5.74, 6) is 0. The maximum atomic E-state index is 12.9. The van der Waals surface area contributed by atoms with E-state index in [0.717, 1.165) is 22.3 Å². The Labute approximate surface area is 301 Å². The third-order valence-corrected chi connectivity index (χ3v) is 11.1. The molecule has 0 atom stereocenters. The molecule has 6 aromatic rings. The maximum absolute atomic E-state index is 12.9. The van der Waals surface area contributed by atoms with Gasteiger partial charge in [-0.3, -0.25) is 9.11 Å². The molecule has 14 heteroatoms. The van der Waals surface area contributed by atoms with Crippen molar-refractivity contribution in [2.24, 2.45) is 10.2 Å². The molecule has 0 aliphatic heterocycles. The van der Waals surface area contributed by atoms with Crippen molar-refractivity contribution in [1.82, 2.24) is 0 Å². The van der Waals surface area contributed by atoms with Crippen LogP contribution >= 0.6 is 0 Å². The van der Waals surface area contributed by atoms with Crippen LogP contribution in [0.4, 0.5) is 22.7 Å². The van der Waals surface area contributed by atoms with Crippen LogP contribution in [0.3, 0.4) is 0 Å². The van der Waals surface area contributed by atoms with Gasteiger partial charge in [0.2, 0.25) is 0 Å². The minimum Gasteiger partial charge on any atom is -0.396 e. The highest BCUT2D eigenvalue weighted by atomic mass is 32.2. The molecule has 0 aliphatic carbocycles. The summed E-state index contributed by atoms with van der Waals surface area (Å²) in [5.41, 5.74) is 32.0. The lowest BCUT2D eigenvalue weighted by Crippen LogP contribution is -2.06. The quantitative estimate of drug-likeness (QED) is 0.0424. The van der Waals surface area contributed by atoms with E-state index >= 15 is 0 Å². The first kappa shape index (κ1) is 36.3. The van der Waals surface area contributed by atoms with Crippen LogP contribution in [0.5, 0.6) is 0 Å². The number of aryl methyl sites for hydroxylation is 2. The second-order valence-electron chi connectivity index (χ2n) is 12.4. The fourth-order valence-corrected chi connectivity index (χ4v) is 8.85. The first-order valence-corrected chi connectivity index (χ1v) is 19.3. The van der Waals surface area contributed by atoms with Crippen LogP contribution in [-0.4, -0.2) is 25.9 Å². The number of benzene rings is 6. The van der Waals surface area contributed by atoms with E-state index in [-0.39, 0.29) is 33.9 Å². The van der Waals surface area contributed by atoms with Crippen molar-refractivity contribution >= 4 is 64.5 Å². The van der Waals surface area contributed by atoms with Crippen LogP contribution in [0.2, 0.25) is 0 Å². The summed E-state index contributed by atoms with van der Waals surface area (Å²) in [6, 6.07) is 24.9. The van der Waals surface area contributed by atoms with Crippen molar-refractivity contribution in [3.8, 4) is 33.4 Å². The number of hydrogen-bond donors (Lipinski definition) is 6. The lowest BCUT2D eigenvalue weighted by atomic mass is 9.87. The molecule has 0 aliphatic rings. The van der Waals surface area contributed by atoms with Gasteiger partial charge >= 0.3 is 0 Å². The summed E-state index contributed by atoms with van der Waals surface area (Å²) in [7, 11) is -9.79. The Morgan fingerprint density at radius 2 is 0.923 bits per heavy atom. The lowest BCUT2D eigenvalue weighted by Gasteiger charge is -2.20. The second-order valence-corrected chi connectivity index (χ2v) is 15.2. The minimum atomic E-state index is -4.89. The van der Waals surface area contributed by atoms with Crippen LogP contribution in [0, 0.1) is 11.1 Å². The Hall–Kier alpha value is -5.54. The Morgan fingerprint density at radius 1 is 0.577 bits per heavy atom. The van der Waals surface area contributed by atoms with Gasteiger partial charge < -0.3 is 11.5 Å². The largest absolute Gasteiger partial charge is 0.396 e. The zero-order valence-electron chi connectivity index (χ0n) is 28.3. The fourth-order valence-electron chi connectivity index (χ4n) is 7.10. The van der Waals surface area contributed by atoms with Gasteiger partial charge in [-0.1, -0.05) is 112 Å². The summed E-state index contributed by atoms with van der Waals surface area (Å²) in [6.07, 6.45) is 2.47. The number of fused-ring (bicyclic) bond motifs is 2. The third-order valence-electron chi connectivity index (χ3n) is 9.23. The Morgan fingerprint density at radius 3 is 1.23 bits per heavy atom. The Balaban J connectivity index is 1.62. The van der Waals surface area contributed by atoms with E-state index in [0.29, 0.717) is 58.4 Å². The van der Waals surface area contributed by atoms with Crippen LogP contribution < -0.4 is 11.5 Å². The number of nitrogen functional groups attached to an aromatic ring is 2. The molecule has 12 nitrogen and oxygen atoms in total. The molecular weight excluding hydrogens is 701 g/mol. The molecule has 6 aromatic carbocycles. The molecule has 0 saturated heterocycles. The Bertz CT molecular complexity index is 2490. The van der Waals surface area contributed by atoms with Gasteiger partial charge in [-0.2, -0.15) is 27.1 Å². The number of hydrogen-bond acceptors (Lipinski definition) is 10. The summed E-state index contributed by atoms with van der Waals surface area (Å²) >= 11 is 0. The van der Waals surface area contributed by atoms with Crippen molar-refractivity contribution in [2.45, 2.75) is 49.3 Å². The average Bonchev–Trinajstić information content (AvgIpc) is 3.11. The minimum absolute atomic E-state index is 0.0336. The smallest absolute Gasteiger partial charge is 0.297 e. The molecule has 0 unspecified atom stereocenters. The molecule has 0 fully saturated rings. The van der Waals surface area contributed by atoms with Crippen molar-refractivity contribution in [3.05, 3.63) is 96.1 Å². The van der Waals surface area contributed by atoms with Crippen molar-refractivity contribution in [3.63, 3.8) is 0 Å². The summed E-state index contributed by atoms with van der Waals surface area (Å²) in [6.45, 7) is 3.97. The molecule has 0 bridgehead atoms. The van der Waals surface area contributed by atoms with E-state index < -0.39 is 30.0 Å². The fraction of sp³-hybridized carbons (Fsp3) is 0.158. The first-order valence-electron chi connectivity index (χ1n) is 16.4. The van der Waals surface area contributed by atoms with Crippen molar-refractivity contribution in [2.75, 3.05) is 11.5 Å². The first-order chi connectivity index (χ1) is 24.8.